The van der Waals surface area contributed by atoms with Crippen LogP contribution in [0.25, 0.3) is 10.9 Å². The molecule has 1 fully saturated rings. The summed E-state index contributed by atoms with van der Waals surface area (Å²) < 4.78 is 10.5. The first-order chi connectivity index (χ1) is 10.3. The van der Waals surface area contributed by atoms with Gasteiger partial charge in [-0.15, -0.1) is 0 Å². The highest BCUT2D eigenvalue weighted by molar-refractivity contribution is 5.95. The molecule has 1 aromatic carbocycles. The number of nitrogens with zero attached hydrogens (tertiary/aromatic N) is 1. The average Bonchev–Trinajstić information content (AvgIpc) is 3.14. The molecule has 0 aliphatic carbocycles. The normalized spacial score (nSPS) is 15.5. The van der Waals surface area contributed by atoms with Gasteiger partial charge in [-0.05, 0) is 50.2 Å². The molecule has 112 valence electrons. The lowest BCUT2D eigenvalue weighted by Crippen LogP contribution is -2.25. The molecule has 5 heteroatoms. The van der Waals surface area contributed by atoms with Crippen molar-refractivity contribution >= 4 is 16.9 Å². The fraction of sp³-hybridized carbons (Fsp3) is 0.438. The van der Waals surface area contributed by atoms with Gasteiger partial charge in [0.25, 0.3) is 0 Å². The van der Waals surface area contributed by atoms with Gasteiger partial charge in [0.1, 0.15) is 18.1 Å². The summed E-state index contributed by atoms with van der Waals surface area (Å²) in [5, 5.41) is 0.953. The molecule has 0 spiro atoms. The molecule has 21 heavy (non-hydrogen) atoms. The Hall–Kier alpha value is -2.01. The van der Waals surface area contributed by atoms with Crippen molar-refractivity contribution in [3.05, 3.63) is 30.0 Å². The van der Waals surface area contributed by atoms with E-state index in [1.165, 1.54) is 33.0 Å². The summed E-state index contributed by atoms with van der Waals surface area (Å²) in [6, 6.07) is 7.58. The predicted octanol–water partition coefficient (Wildman–Crippen LogP) is 2.43. The van der Waals surface area contributed by atoms with E-state index in [0.717, 1.165) is 23.2 Å². The minimum absolute atomic E-state index is 0.359. The van der Waals surface area contributed by atoms with Crippen LogP contribution in [0, 0.1) is 0 Å². The second kappa shape index (κ2) is 6.18. The fourth-order valence-corrected chi connectivity index (χ4v) is 2.72. The molecule has 2 aromatic rings. The second-order valence-electron chi connectivity index (χ2n) is 5.32. The number of carbonyl (C=O) groups excluding carboxylic acids is 1. The Morgan fingerprint density at radius 1 is 1.29 bits per heavy atom. The lowest BCUT2D eigenvalue weighted by Gasteiger charge is -2.14. The number of nitrogens with one attached hydrogen (secondary N) is 1. The van der Waals surface area contributed by atoms with Gasteiger partial charge in [0, 0.05) is 17.4 Å². The van der Waals surface area contributed by atoms with Gasteiger partial charge in [-0.1, -0.05) is 0 Å². The Morgan fingerprint density at radius 2 is 2.10 bits per heavy atom. The molecule has 0 radical (unpaired) electrons. The van der Waals surface area contributed by atoms with Crippen LogP contribution in [0.3, 0.4) is 0 Å². The summed E-state index contributed by atoms with van der Waals surface area (Å²) in [6.07, 6.45) is 2.59. The van der Waals surface area contributed by atoms with Gasteiger partial charge >= 0.3 is 5.97 Å². The number of methoxy groups -OCH3 is 1. The van der Waals surface area contributed by atoms with Crippen molar-refractivity contribution in [1.82, 2.24) is 9.88 Å². The first-order valence-corrected chi connectivity index (χ1v) is 7.32. The number of aromatic nitrogens is 1. The summed E-state index contributed by atoms with van der Waals surface area (Å²) in [7, 11) is 1.38. The van der Waals surface area contributed by atoms with Gasteiger partial charge in [-0.2, -0.15) is 0 Å². The molecule has 1 saturated heterocycles. The topological polar surface area (TPSA) is 54.6 Å². The molecule has 0 saturated carbocycles. The summed E-state index contributed by atoms with van der Waals surface area (Å²) in [6.45, 7) is 4.03. The van der Waals surface area contributed by atoms with Crippen LogP contribution >= 0.6 is 0 Å². The van der Waals surface area contributed by atoms with Gasteiger partial charge in [0.05, 0.1) is 7.11 Å². The van der Waals surface area contributed by atoms with Crippen molar-refractivity contribution in [2.24, 2.45) is 0 Å². The number of hydrogen-bond donors (Lipinski definition) is 1. The fourth-order valence-electron chi connectivity index (χ4n) is 2.72. The first kappa shape index (κ1) is 13.9. The van der Waals surface area contributed by atoms with Crippen LogP contribution in [0.5, 0.6) is 5.75 Å². The van der Waals surface area contributed by atoms with Gasteiger partial charge < -0.3 is 14.5 Å². The average molecular weight is 288 g/mol. The number of H-pyrrole nitrogens is 1. The SMILES string of the molecule is COC(=O)c1cc2cc(OCCN3CCCC3)ccc2[nH]1. The molecule has 1 aliphatic heterocycles. The third-order valence-electron chi connectivity index (χ3n) is 3.87. The van der Waals surface area contributed by atoms with Crippen molar-refractivity contribution in [2.45, 2.75) is 12.8 Å². The lowest BCUT2D eigenvalue weighted by molar-refractivity contribution is 0.0595. The highest BCUT2D eigenvalue weighted by Gasteiger charge is 2.12. The van der Waals surface area contributed by atoms with Gasteiger partial charge in [0.2, 0.25) is 0 Å². The maximum Gasteiger partial charge on any atom is 0.354 e. The molecule has 0 amide bonds. The molecule has 2 heterocycles. The standard InChI is InChI=1S/C16H20N2O3/c1-20-16(19)15-11-12-10-13(4-5-14(12)17-15)21-9-8-18-6-2-3-7-18/h4-5,10-11,17H,2-3,6-9H2,1H3. The Balaban J connectivity index is 1.64. The molecule has 0 bridgehead atoms. The predicted molar refractivity (Wildman–Crippen MR) is 80.8 cm³/mol. The van der Waals surface area contributed by atoms with Gasteiger partial charge in [-0.3, -0.25) is 4.90 Å². The number of likely N-dealkylation sites (tertiary alicyclic amines) is 1. The molecule has 5 nitrogen and oxygen atoms in total. The summed E-state index contributed by atoms with van der Waals surface area (Å²) >= 11 is 0. The van der Waals surface area contributed by atoms with Gasteiger partial charge in [0.15, 0.2) is 0 Å². The molecular formula is C16H20N2O3. The number of hydrogen-bond acceptors (Lipinski definition) is 4. The van der Waals surface area contributed by atoms with E-state index in [1.54, 1.807) is 6.07 Å². The summed E-state index contributed by atoms with van der Waals surface area (Å²) in [5.41, 5.74) is 1.36. The number of fused-ring (bicyclic) bond motifs is 1. The van der Waals surface area contributed by atoms with Crippen LogP contribution in [0.15, 0.2) is 24.3 Å². The molecule has 0 unspecified atom stereocenters. The largest absolute Gasteiger partial charge is 0.492 e. The molecule has 1 aromatic heterocycles. The Labute approximate surface area is 123 Å². The maximum absolute atomic E-state index is 11.5. The third kappa shape index (κ3) is 3.19. The van der Waals surface area contributed by atoms with Crippen molar-refractivity contribution in [1.29, 1.82) is 0 Å². The van der Waals surface area contributed by atoms with E-state index in [2.05, 4.69) is 9.88 Å². The smallest absolute Gasteiger partial charge is 0.354 e. The summed E-state index contributed by atoms with van der Waals surface area (Å²) in [5.74, 6) is 0.472. The third-order valence-corrected chi connectivity index (χ3v) is 3.87. The van der Waals surface area contributed by atoms with E-state index < -0.39 is 0 Å². The van der Waals surface area contributed by atoms with Crippen molar-refractivity contribution in [3.8, 4) is 5.75 Å². The number of aromatic amines is 1. The highest BCUT2D eigenvalue weighted by atomic mass is 16.5. The van der Waals surface area contributed by atoms with Crippen molar-refractivity contribution in [3.63, 3.8) is 0 Å². The van der Waals surface area contributed by atoms with E-state index in [0.29, 0.717) is 12.3 Å². The molecule has 3 rings (SSSR count). The van der Waals surface area contributed by atoms with Gasteiger partial charge in [-0.25, -0.2) is 4.79 Å². The zero-order chi connectivity index (χ0) is 14.7. The van der Waals surface area contributed by atoms with Crippen LogP contribution in [-0.2, 0) is 4.74 Å². The molecular weight excluding hydrogens is 268 g/mol. The zero-order valence-electron chi connectivity index (χ0n) is 12.2. The number of ether oxygens (including phenoxy) is 2. The quantitative estimate of drug-likeness (QED) is 0.859. The van der Waals surface area contributed by atoms with Crippen LogP contribution in [0.2, 0.25) is 0 Å². The van der Waals surface area contributed by atoms with Crippen LogP contribution in [0.1, 0.15) is 23.3 Å². The first-order valence-electron chi connectivity index (χ1n) is 7.32. The van der Waals surface area contributed by atoms with E-state index in [4.69, 9.17) is 9.47 Å². The Bertz CT molecular complexity index is 629. The summed E-state index contributed by atoms with van der Waals surface area (Å²) in [4.78, 5) is 17.0. The molecule has 1 N–H and O–H groups in total. The van der Waals surface area contributed by atoms with Crippen LogP contribution in [-0.4, -0.2) is 49.2 Å². The molecule has 1 aliphatic rings. The lowest BCUT2D eigenvalue weighted by atomic mass is 10.2. The highest BCUT2D eigenvalue weighted by Crippen LogP contribution is 2.22. The zero-order valence-corrected chi connectivity index (χ0v) is 12.2. The van der Waals surface area contributed by atoms with Crippen LogP contribution < -0.4 is 4.74 Å². The second-order valence-corrected chi connectivity index (χ2v) is 5.32. The van der Waals surface area contributed by atoms with Crippen LogP contribution in [0.4, 0.5) is 0 Å². The van der Waals surface area contributed by atoms with E-state index >= 15 is 0 Å². The van der Waals surface area contributed by atoms with E-state index in [-0.39, 0.29) is 5.97 Å². The minimum Gasteiger partial charge on any atom is -0.492 e. The van der Waals surface area contributed by atoms with Crippen molar-refractivity contribution < 1.29 is 14.3 Å². The maximum atomic E-state index is 11.5. The van der Waals surface area contributed by atoms with E-state index in [9.17, 15) is 4.79 Å². The van der Waals surface area contributed by atoms with E-state index in [1.807, 2.05) is 18.2 Å². The number of carbonyl (C=O) groups is 1. The minimum atomic E-state index is -0.359. The number of rotatable bonds is 5. The Kier molecular flexibility index (Phi) is 4.10. The molecule has 0 atom stereocenters. The number of esters is 1. The Morgan fingerprint density at radius 3 is 2.86 bits per heavy atom. The number of benzene rings is 1. The monoisotopic (exact) mass is 288 g/mol. The van der Waals surface area contributed by atoms with Crippen molar-refractivity contribution in [2.75, 3.05) is 33.4 Å².